The molecule has 0 bridgehead atoms. The lowest BCUT2D eigenvalue weighted by Gasteiger charge is -2.22. The van der Waals surface area contributed by atoms with Crippen molar-refractivity contribution in [2.24, 2.45) is 10.9 Å². The van der Waals surface area contributed by atoms with Crippen molar-refractivity contribution in [3.63, 3.8) is 0 Å². The molecule has 0 fully saturated rings. The molecule has 38 heavy (non-hydrogen) atoms. The van der Waals surface area contributed by atoms with Gasteiger partial charge in [-0.05, 0) is 53.4 Å². The number of benzene rings is 3. The number of benzodiazepines with no additional fused rings is 1. The molecular weight excluding hydrogens is 506 g/mol. The smallest absolute Gasteiger partial charge is 0.395 e. The van der Waals surface area contributed by atoms with Gasteiger partial charge in [-0.1, -0.05) is 31.2 Å². The molecule has 196 valence electrons. The molecule has 0 aromatic heterocycles. The Bertz CT molecular complexity index is 1480. The lowest BCUT2D eigenvalue weighted by molar-refractivity contribution is -0.286. The predicted molar refractivity (Wildman–Crippen MR) is 130 cm³/mol. The fraction of sp³-hybridized carbons (Fsp3) is 0.222. The van der Waals surface area contributed by atoms with E-state index in [2.05, 4.69) is 19.8 Å². The highest BCUT2D eigenvalue weighted by atomic mass is 19.3. The van der Waals surface area contributed by atoms with Gasteiger partial charge in [-0.15, -0.1) is 8.78 Å². The molecule has 2 amide bonds. The monoisotopic (exact) mass is 527 g/mol. The summed E-state index contributed by atoms with van der Waals surface area (Å²) in [7, 11) is 1.53. The van der Waals surface area contributed by atoms with E-state index in [0.717, 1.165) is 12.1 Å². The molecule has 0 radical (unpaired) electrons. The first-order valence-corrected chi connectivity index (χ1v) is 11.6. The Morgan fingerprint density at radius 2 is 1.74 bits per heavy atom. The first-order valence-electron chi connectivity index (χ1n) is 11.6. The number of aliphatic imine (C=N–C) groups is 1. The molecule has 7 nitrogen and oxygen atoms in total. The number of halogens is 4. The average Bonchev–Trinajstić information content (AvgIpc) is 3.14. The number of hydrogen-bond donors (Lipinski definition) is 1. The Labute approximate surface area is 214 Å². The van der Waals surface area contributed by atoms with Gasteiger partial charge in [0.1, 0.15) is 0 Å². The molecule has 3 aromatic carbocycles. The highest BCUT2D eigenvalue weighted by molar-refractivity contribution is 6.06. The zero-order valence-corrected chi connectivity index (χ0v) is 20.2. The second kappa shape index (κ2) is 9.47. The Kier molecular flexibility index (Phi) is 6.29. The molecule has 2 aliphatic heterocycles. The average molecular weight is 527 g/mol. The van der Waals surface area contributed by atoms with Crippen molar-refractivity contribution in [3.8, 4) is 22.6 Å². The zero-order valence-electron chi connectivity index (χ0n) is 20.2. The van der Waals surface area contributed by atoms with Crippen molar-refractivity contribution in [1.82, 2.24) is 5.32 Å². The van der Waals surface area contributed by atoms with E-state index in [9.17, 15) is 27.2 Å². The molecule has 0 saturated heterocycles. The molecule has 11 heteroatoms. The summed E-state index contributed by atoms with van der Waals surface area (Å²) in [6.07, 6.45) is -3.34. The number of nitrogens with one attached hydrogen (secondary N) is 1. The van der Waals surface area contributed by atoms with E-state index in [-0.39, 0.29) is 17.9 Å². The summed E-state index contributed by atoms with van der Waals surface area (Å²) < 4.78 is 62.4. The predicted octanol–water partition coefficient (Wildman–Crippen LogP) is 4.67. The van der Waals surface area contributed by atoms with Crippen LogP contribution in [0.2, 0.25) is 0 Å². The van der Waals surface area contributed by atoms with Gasteiger partial charge >= 0.3 is 6.29 Å². The van der Waals surface area contributed by atoms with Crippen LogP contribution in [-0.4, -0.2) is 37.5 Å². The highest BCUT2D eigenvalue weighted by Gasteiger charge is 2.43. The summed E-state index contributed by atoms with van der Waals surface area (Å²) in [5.74, 6) is -3.80. The summed E-state index contributed by atoms with van der Waals surface area (Å²) in [6, 6.07) is 13.0. The molecule has 1 N–H and O–H groups in total. The van der Waals surface area contributed by atoms with Crippen LogP contribution in [0.15, 0.2) is 59.6 Å². The van der Waals surface area contributed by atoms with Crippen molar-refractivity contribution < 1.29 is 36.6 Å². The summed E-state index contributed by atoms with van der Waals surface area (Å²) in [4.78, 5) is 31.5. The molecule has 3 aromatic rings. The molecule has 2 heterocycles. The molecule has 2 aliphatic rings. The van der Waals surface area contributed by atoms with Gasteiger partial charge in [0.25, 0.3) is 5.91 Å². The van der Waals surface area contributed by atoms with Crippen molar-refractivity contribution in [2.75, 3.05) is 11.9 Å². The second-order valence-corrected chi connectivity index (χ2v) is 9.04. The normalized spacial score (nSPS) is 18.1. The highest BCUT2D eigenvalue weighted by Crippen LogP contribution is 2.43. The zero-order chi connectivity index (χ0) is 27.2. The van der Waals surface area contributed by atoms with E-state index < -0.39 is 41.8 Å². The van der Waals surface area contributed by atoms with Gasteiger partial charge in [0.2, 0.25) is 12.1 Å². The SMILES string of the molecule is C[C@@H](Cc1ccc(F)c(F)c1)C(=O)NC1N=Cc2ccc(-c3ccc4c(c3)OC(F)(F)O4)cc2N(C)C1=O. The van der Waals surface area contributed by atoms with Crippen LogP contribution in [0.3, 0.4) is 0 Å². The fourth-order valence-corrected chi connectivity index (χ4v) is 4.26. The Morgan fingerprint density at radius 1 is 1.03 bits per heavy atom. The van der Waals surface area contributed by atoms with E-state index in [1.54, 1.807) is 31.2 Å². The quantitative estimate of drug-likeness (QED) is 0.489. The first kappa shape index (κ1) is 25.2. The Hall–Kier alpha value is -4.41. The third-order valence-electron chi connectivity index (χ3n) is 6.31. The van der Waals surface area contributed by atoms with Crippen LogP contribution >= 0.6 is 0 Å². The summed E-state index contributed by atoms with van der Waals surface area (Å²) in [5, 5.41) is 2.60. The number of amides is 2. The number of hydrogen-bond acceptors (Lipinski definition) is 5. The molecule has 5 rings (SSSR count). The minimum atomic E-state index is -3.73. The van der Waals surface area contributed by atoms with Crippen LogP contribution in [-0.2, 0) is 16.0 Å². The second-order valence-electron chi connectivity index (χ2n) is 9.04. The van der Waals surface area contributed by atoms with Crippen LogP contribution in [0.1, 0.15) is 18.1 Å². The van der Waals surface area contributed by atoms with E-state index in [1.165, 1.54) is 36.4 Å². The maximum atomic E-state index is 13.5. The van der Waals surface area contributed by atoms with Crippen molar-refractivity contribution in [1.29, 1.82) is 0 Å². The first-order chi connectivity index (χ1) is 18.0. The molecule has 0 spiro atoms. The van der Waals surface area contributed by atoms with Gasteiger partial charge in [0.15, 0.2) is 23.1 Å². The summed E-state index contributed by atoms with van der Waals surface area (Å²) in [6.45, 7) is 1.60. The number of fused-ring (bicyclic) bond motifs is 2. The number of anilines is 1. The number of carbonyl (C=O) groups is 2. The lowest BCUT2D eigenvalue weighted by Crippen LogP contribution is -2.47. The van der Waals surface area contributed by atoms with Gasteiger partial charge in [0.05, 0.1) is 5.69 Å². The van der Waals surface area contributed by atoms with Gasteiger partial charge in [-0.25, -0.2) is 8.78 Å². The maximum Gasteiger partial charge on any atom is 0.586 e. The minimum Gasteiger partial charge on any atom is -0.395 e. The molecule has 1 unspecified atom stereocenters. The summed E-state index contributed by atoms with van der Waals surface area (Å²) >= 11 is 0. The molecule has 2 atom stereocenters. The summed E-state index contributed by atoms with van der Waals surface area (Å²) in [5.41, 5.74) is 2.72. The third kappa shape index (κ3) is 4.91. The molecular formula is C27H21F4N3O4. The van der Waals surface area contributed by atoms with Gasteiger partial charge in [-0.3, -0.25) is 14.6 Å². The minimum absolute atomic E-state index is 0.0784. The fourth-order valence-electron chi connectivity index (χ4n) is 4.26. The number of rotatable bonds is 5. The Morgan fingerprint density at radius 3 is 2.50 bits per heavy atom. The van der Waals surface area contributed by atoms with Crippen molar-refractivity contribution in [3.05, 3.63) is 77.4 Å². The van der Waals surface area contributed by atoms with Gasteiger partial charge in [0, 0.05) is 24.7 Å². The number of carbonyl (C=O) groups excluding carboxylic acids is 2. The number of nitrogens with zero attached hydrogens (tertiary/aromatic N) is 2. The third-order valence-corrected chi connectivity index (χ3v) is 6.31. The lowest BCUT2D eigenvalue weighted by atomic mass is 10.00. The largest absolute Gasteiger partial charge is 0.586 e. The topological polar surface area (TPSA) is 80.2 Å². The van der Waals surface area contributed by atoms with E-state index in [1.807, 2.05) is 0 Å². The molecule has 0 saturated carbocycles. The van der Waals surface area contributed by atoms with Crippen LogP contribution in [0, 0.1) is 17.6 Å². The standard InChI is InChI=1S/C27H21F4N3O4/c1-14(9-15-3-7-19(28)20(29)10-15)25(35)33-24-26(36)34(2)21-11-16(4-5-18(21)13-32-24)17-6-8-22-23(12-17)38-27(30,31)37-22/h3-8,10-14,24H,9H2,1-2H3,(H,33,35)/t14-,24?/m0/s1. The maximum absolute atomic E-state index is 13.5. The van der Waals surface area contributed by atoms with Crippen molar-refractivity contribution >= 4 is 23.7 Å². The molecule has 0 aliphatic carbocycles. The van der Waals surface area contributed by atoms with E-state index in [0.29, 0.717) is 27.9 Å². The van der Waals surface area contributed by atoms with Crippen LogP contribution < -0.4 is 19.7 Å². The van der Waals surface area contributed by atoms with Crippen molar-refractivity contribution in [2.45, 2.75) is 25.8 Å². The number of ether oxygens (including phenoxy) is 2. The van der Waals surface area contributed by atoms with Crippen LogP contribution in [0.25, 0.3) is 11.1 Å². The number of alkyl halides is 2. The number of likely N-dealkylation sites (N-methyl/N-ethyl adjacent to an activating group) is 1. The van der Waals surface area contributed by atoms with Gasteiger partial charge in [-0.2, -0.15) is 0 Å². The Balaban J connectivity index is 1.31. The van der Waals surface area contributed by atoms with E-state index in [4.69, 9.17) is 0 Å². The van der Waals surface area contributed by atoms with Gasteiger partial charge < -0.3 is 19.7 Å². The van der Waals surface area contributed by atoms with Crippen LogP contribution in [0.5, 0.6) is 11.5 Å². The van der Waals surface area contributed by atoms with Crippen LogP contribution in [0.4, 0.5) is 23.2 Å². The van der Waals surface area contributed by atoms with E-state index >= 15 is 0 Å².